The summed E-state index contributed by atoms with van der Waals surface area (Å²) < 4.78 is 10.5. The van der Waals surface area contributed by atoms with Crippen molar-refractivity contribution >= 4 is 5.84 Å². The monoisotopic (exact) mass is 279 g/mol. The van der Waals surface area contributed by atoms with Crippen LogP contribution in [0.4, 0.5) is 0 Å². The smallest absolute Gasteiger partial charge is 0.161 e. The first-order valence-electron chi connectivity index (χ1n) is 6.79. The van der Waals surface area contributed by atoms with Gasteiger partial charge in [0.25, 0.3) is 0 Å². The summed E-state index contributed by atoms with van der Waals surface area (Å²) >= 11 is 0. The van der Waals surface area contributed by atoms with Crippen LogP contribution in [0.2, 0.25) is 0 Å². The summed E-state index contributed by atoms with van der Waals surface area (Å²) in [6, 6.07) is 5.93. The Kier molecular flexibility index (Phi) is 6.31. The van der Waals surface area contributed by atoms with Crippen molar-refractivity contribution in [3.63, 3.8) is 0 Å². The number of rotatable bonds is 8. The molecule has 0 saturated heterocycles. The Labute approximate surface area is 121 Å². The first-order chi connectivity index (χ1) is 9.51. The summed E-state index contributed by atoms with van der Waals surface area (Å²) in [4.78, 5) is 2.26. The van der Waals surface area contributed by atoms with Gasteiger partial charge in [-0.3, -0.25) is 10.3 Å². The molecule has 1 unspecified atom stereocenters. The van der Waals surface area contributed by atoms with Gasteiger partial charge in [0.15, 0.2) is 11.5 Å². The van der Waals surface area contributed by atoms with Gasteiger partial charge in [0.1, 0.15) is 0 Å². The van der Waals surface area contributed by atoms with E-state index in [4.69, 9.17) is 20.6 Å². The fourth-order valence-corrected chi connectivity index (χ4v) is 2.03. The van der Waals surface area contributed by atoms with Crippen molar-refractivity contribution in [1.29, 1.82) is 5.41 Å². The first kappa shape index (κ1) is 16.3. The van der Waals surface area contributed by atoms with Gasteiger partial charge in [0, 0.05) is 19.0 Å². The third-order valence-electron chi connectivity index (χ3n) is 3.36. The maximum absolute atomic E-state index is 7.48. The van der Waals surface area contributed by atoms with Crippen molar-refractivity contribution in [1.82, 2.24) is 4.90 Å². The van der Waals surface area contributed by atoms with Gasteiger partial charge in [0.2, 0.25) is 0 Å². The zero-order valence-corrected chi connectivity index (χ0v) is 12.8. The number of nitrogens with two attached hydrogens (primary N) is 1. The van der Waals surface area contributed by atoms with E-state index in [1.807, 2.05) is 25.1 Å². The number of amidine groups is 1. The molecular weight excluding hydrogens is 254 g/mol. The summed E-state index contributed by atoms with van der Waals surface area (Å²) in [6.07, 6.45) is 0. The molecule has 3 N–H and O–H groups in total. The fraction of sp³-hybridized carbons (Fsp3) is 0.533. The Morgan fingerprint density at radius 3 is 2.45 bits per heavy atom. The van der Waals surface area contributed by atoms with E-state index in [9.17, 15) is 0 Å². The van der Waals surface area contributed by atoms with Gasteiger partial charge >= 0.3 is 0 Å². The molecule has 1 atom stereocenters. The van der Waals surface area contributed by atoms with Crippen molar-refractivity contribution in [3.05, 3.63) is 23.8 Å². The lowest BCUT2D eigenvalue weighted by Crippen LogP contribution is -2.34. The predicted molar refractivity (Wildman–Crippen MR) is 81.6 cm³/mol. The van der Waals surface area contributed by atoms with Crippen LogP contribution in [0.15, 0.2) is 18.2 Å². The summed E-state index contributed by atoms with van der Waals surface area (Å²) in [5.41, 5.74) is 6.69. The molecule has 0 radical (unpaired) electrons. The van der Waals surface area contributed by atoms with Crippen LogP contribution in [0.1, 0.15) is 19.4 Å². The Balaban J connectivity index is 2.77. The molecular formula is C15H25N3O2. The molecule has 0 bridgehead atoms. The molecule has 0 aliphatic heterocycles. The predicted octanol–water partition coefficient (Wildman–Crippen LogP) is 2.10. The number of hydrogen-bond acceptors (Lipinski definition) is 4. The lowest BCUT2D eigenvalue weighted by atomic mass is 10.1. The second kappa shape index (κ2) is 7.75. The van der Waals surface area contributed by atoms with Gasteiger partial charge < -0.3 is 15.2 Å². The van der Waals surface area contributed by atoms with Crippen LogP contribution in [0, 0.1) is 11.3 Å². The summed E-state index contributed by atoms with van der Waals surface area (Å²) in [6.45, 7) is 6.56. The van der Waals surface area contributed by atoms with Crippen molar-refractivity contribution in [2.24, 2.45) is 11.7 Å². The molecule has 0 fully saturated rings. The van der Waals surface area contributed by atoms with E-state index in [1.165, 1.54) is 0 Å². The number of ether oxygens (including phenoxy) is 2. The minimum absolute atomic E-state index is 0.0649. The molecule has 20 heavy (non-hydrogen) atoms. The average molecular weight is 279 g/mol. The van der Waals surface area contributed by atoms with E-state index in [-0.39, 0.29) is 11.8 Å². The van der Waals surface area contributed by atoms with Crippen LogP contribution < -0.4 is 15.2 Å². The second-order valence-corrected chi connectivity index (χ2v) is 4.87. The molecule has 0 heterocycles. The van der Waals surface area contributed by atoms with Gasteiger partial charge in [-0.2, -0.15) is 0 Å². The highest BCUT2D eigenvalue weighted by Gasteiger charge is 2.12. The topological polar surface area (TPSA) is 71.6 Å². The molecule has 0 amide bonds. The van der Waals surface area contributed by atoms with Crippen molar-refractivity contribution in [2.75, 3.05) is 27.3 Å². The van der Waals surface area contributed by atoms with E-state index >= 15 is 0 Å². The van der Waals surface area contributed by atoms with Crippen LogP contribution >= 0.6 is 0 Å². The second-order valence-electron chi connectivity index (χ2n) is 4.87. The molecule has 0 aromatic heterocycles. The summed E-state index contributed by atoms with van der Waals surface area (Å²) in [5, 5.41) is 7.48. The number of benzene rings is 1. The molecule has 112 valence electrons. The van der Waals surface area contributed by atoms with E-state index in [2.05, 4.69) is 11.8 Å². The number of hydrogen-bond donors (Lipinski definition) is 2. The maximum Gasteiger partial charge on any atom is 0.161 e. The van der Waals surface area contributed by atoms with Crippen LogP contribution in [-0.4, -0.2) is 38.0 Å². The largest absolute Gasteiger partial charge is 0.493 e. The zero-order chi connectivity index (χ0) is 15.1. The van der Waals surface area contributed by atoms with Gasteiger partial charge in [-0.25, -0.2) is 0 Å². The molecule has 0 aliphatic rings. The number of nitrogens with one attached hydrogen (secondary N) is 1. The van der Waals surface area contributed by atoms with Crippen LogP contribution in [-0.2, 0) is 6.54 Å². The van der Waals surface area contributed by atoms with E-state index in [0.29, 0.717) is 0 Å². The number of methoxy groups -OCH3 is 2. The normalized spacial score (nSPS) is 12.2. The Morgan fingerprint density at radius 1 is 1.30 bits per heavy atom. The summed E-state index contributed by atoms with van der Waals surface area (Å²) in [5.74, 6) is 1.77. The lowest BCUT2D eigenvalue weighted by Gasteiger charge is -2.24. The average Bonchev–Trinajstić information content (AvgIpc) is 2.45. The first-order valence-corrected chi connectivity index (χ1v) is 6.79. The maximum atomic E-state index is 7.48. The van der Waals surface area contributed by atoms with Gasteiger partial charge in [-0.05, 0) is 24.2 Å². The molecule has 0 aliphatic carbocycles. The van der Waals surface area contributed by atoms with E-state index < -0.39 is 0 Å². The highest BCUT2D eigenvalue weighted by atomic mass is 16.5. The molecule has 5 nitrogen and oxygen atoms in total. The van der Waals surface area contributed by atoms with Crippen LogP contribution in [0.25, 0.3) is 0 Å². The fourth-order valence-electron chi connectivity index (χ4n) is 2.03. The number of nitrogens with zero attached hydrogens (tertiary/aromatic N) is 1. The molecule has 5 heteroatoms. The highest BCUT2D eigenvalue weighted by Crippen LogP contribution is 2.28. The minimum atomic E-state index is 0.0649. The van der Waals surface area contributed by atoms with Crippen LogP contribution in [0.5, 0.6) is 11.5 Å². The molecule has 1 aromatic rings. The Bertz CT molecular complexity index is 449. The third-order valence-corrected chi connectivity index (χ3v) is 3.36. The van der Waals surface area contributed by atoms with Gasteiger partial charge in [-0.1, -0.05) is 19.9 Å². The SMILES string of the molecule is CCN(Cc1ccc(OC)c(OC)c1)CC(C)C(=N)N. The highest BCUT2D eigenvalue weighted by molar-refractivity contribution is 5.79. The third kappa shape index (κ3) is 4.42. The van der Waals surface area contributed by atoms with Crippen molar-refractivity contribution < 1.29 is 9.47 Å². The Hall–Kier alpha value is -1.75. The molecule has 0 spiro atoms. The van der Waals surface area contributed by atoms with Crippen molar-refractivity contribution in [2.45, 2.75) is 20.4 Å². The standard InChI is InChI=1S/C15H25N3O2/c1-5-18(9-11(2)15(16)17)10-12-6-7-13(19-3)14(8-12)20-4/h6-8,11H,5,9-10H2,1-4H3,(H3,16,17). The van der Waals surface area contributed by atoms with Crippen LogP contribution in [0.3, 0.4) is 0 Å². The minimum Gasteiger partial charge on any atom is -0.493 e. The van der Waals surface area contributed by atoms with Gasteiger partial charge in [0.05, 0.1) is 20.1 Å². The molecule has 0 saturated carbocycles. The quantitative estimate of drug-likeness (QED) is 0.564. The molecule has 1 rings (SSSR count). The summed E-state index contributed by atoms with van der Waals surface area (Å²) in [7, 11) is 3.27. The zero-order valence-electron chi connectivity index (χ0n) is 12.8. The van der Waals surface area contributed by atoms with Crippen molar-refractivity contribution in [3.8, 4) is 11.5 Å². The Morgan fingerprint density at radius 2 is 1.95 bits per heavy atom. The van der Waals surface area contributed by atoms with E-state index in [1.54, 1.807) is 14.2 Å². The van der Waals surface area contributed by atoms with Gasteiger partial charge in [-0.15, -0.1) is 0 Å². The molecule has 1 aromatic carbocycles. The lowest BCUT2D eigenvalue weighted by molar-refractivity contribution is 0.262. The van der Waals surface area contributed by atoms with E-state index in [0.717, 1.165) is 36.7 Å².